The van der Waals surface area contributed by atoms with E-state index in [-0.39, 0.29) is 11.4 Å². The second-order valence-electron chi connectivity index (χ2n) is 7.05. The smallest absolute Gasteiger partial charge is 0.337 e. The van der Waals surface area contributed by atoms with E-state index in [4.69, 9.17) is 5.10 Å². The Morgan fingerprint density at radius 3 is 2.43 bits per heavy atom. The second kappa shape index (κ2) is 7.83. The van der Waals surface area contributed by atoms with E-state index in [0.29, 0.717) is 17.2 Å². The van der Waals surface area contributed by atoms with Crippen molar-refractivity contribution in [2.24, 2.45) is 0 Å². The summed E-state index contributed by atoms with van der Waals surface area (Å²) in [6.07, 6.45) is 0. The van der Waals surface area contributed by atoms with Crippen LogP contribution in [-0.4, -0.2) is 20.9 Å². The molecule has 0 aliphatic heterocycles. The predicted molar refractivity (Wildman–Crippen MR) is 115 cm³/mol. The minimum Gasteiger partial charge on any atom is -0.478 e. The molecule has 3 aromatic carbocycles. The molecule has 0 aliphatic rings. The number of aryl methyl sites for hydroxylation is 2. The predicted octanol–water partition coefficient (Wildman–Crippen LogP) is 5.74. The van der Waals surface area contributed by atoms with Gasteiger partial charge in [0.1, 0.15) is 11.6 Å². The van der Waals surface area contributed by atoms with Gasteiger partial charge >= 0.3 is 5.97 Å². The van der Waals surface area contributed by atoms with Crippen molar-refractivity contribution >= 4 is 17.5 Å². The fraction of sp³-hybridized carbons (Fsp3) is 0.0833. The number of carboxylic acids is 1. The molecule has 0 amide bonds. The molecule has 0 spiro atoms. The highest BCUT2D eigenvalue weighted by atomic mass is 19.1. The Morgan fingerprint density at radius 1 is 0.967 bits per heavy atom. The van der Waals surface area contributed by atoms with E-state index in [1.165, 1.54) is 12.1 Å². The zero-order valence-corrected chi connectivity index (χ0v) is 16.6. The van der Waals surface area contributed by atoms with Crippen LogP contribution in [0, 0.1) is 19.7 Å². The number of hydrogen-bond donors (Lipinski definition) is 2. The molecule has 0 bridgehead atoms. The van der Waals surface area contributed by atoms with E-state index in [2.05, 4.69) is 5.32 Å². The summed E-state index contributed by atoms with van der Waals surface area (Å²) < 4.78 is 15.3. The van der Waals surface area contributed by atoms with E-state index in [9.17, 15) is 14.3 Å². The van der Waals surface area contributed by atoms with Crippen molar-refractivity contribution in [3.63, 3.8) is 0 Å². The summed E-state index contributed by atoms with van der Waals surface area (Å²) in [5.74, 6) is -0.713. The number of hydrogen-bond acceptors (Lipinski definition) is 3. The molecule has 4 aromatic rings. The Labute approximate surface area is 173 Å². The largest absolute Gasteiger partial charge is 0.478 e. The SMILES string of the molecule is Cc1cc(F)ccc1-c1cc(Nc2ccccc2C(=O)O)n(-c2ccccc2C)n1. The van der Waals surface area contributed by atoms with Crippen molar-refractivity contribution in [3.8, 4) is 16.9 Å². The summed E-state index contributed by atoms with van der Waals surface area (Å²) in [6.45, 7) is 3.81. The van der Waals surface area contributed by atoms with Gasteiger partial charge in [0.2, 0.25) is 0 Å². The molecule has 1 aromatic heterocycles. The summed E-state index contributed by atoms with van der Waals surface area (Å²) in [4.78, 5) is 11.6. The summed E-state index contributed by atoms with van der Waals surface area (Å²) >= 11 is 0. The standard InChI is InChI=1S/C24H20FN3O2/c1-15-7-3-6-10-22(15)28-23(26-20-9-5-4-8-19(20)24(29)30)14-21(27-28)18-12-11-17(25)13-16(18)2/h3-14,26H,1-2H3,(H,29,30). The van der Waals surface area contributed by atoms with E-state index in [1.54, 1.807) is 35.0 Å². The maximum Gasteiger partial charge on any atom is 0.337 e. The highest BCUT2D eigenvalue weighted by Gasteiger charge is 2.17. The lowest BCUT2D eigenvalue weighted by Gasteiger charge is -2.13. The minimum absolute atomic E-state index is 0.162. The number of anilines is 2. The van der Waals surface area contributed by atoms with Crippen molar-refractivity contribution in [1.29, 1.82) is 0 Å². The van der Waals surface area contributed by atoms with Crippen LogP contribution in [-0.2, 0) is 0 Å². The molecule has 5 nitrogen and oxygen atoms in total. The van der Waals surface area contributed by atoms with Crippen molar-refractivity contribution < 1.29 is 14.3 Å². The highest BCUT2D eigenvalue weighted by molar-refractivity contribution is 5.95. The number of aromatic carboxylic acids is 1. The highest BCUT2D eigenvalue weighted by Crippen LogP contribution is 2.31. The monoisotopic (exact) mass is 401 g/mol. The van der Waals surface area contributed by atoms with E-state index < -0.39 is 5.97 Å². The van der Waals surface area contributed by atoms with Crippen LogP contribution >= 0.6 is 0 Å². The third-order valence-corrected chi connectivity index (χ3v) is 4.94. The first-order chi connectivity index (χ1) is 14.4. The molecule has 0 radical (unpaired) electrons. The second-order valence-corrected chi connectivity index (χ2v) is 7.05. The average Bonchev–Trinajstić information content (AvgIpc) is 3.11. The number of carboxylic acid groups (broad SMARTS) is 1. The number of aromatic nitrogens is 2. The van der Waals surface area contributed by atoms with E-state index in [1.807, 2.05) is 44.2 Å². The van der Waals surface area contributed by atoms with Gasteiger partial charge in [0, 0.05) is 11.6 Å². The summed E-state index contributed by atoms with van der Waals surface area (Å²) in [5.41, 5.74) is 4.72. The first-order valence-electron chi connectivity index (χ1n) is 9.46. The summed E-state index contributed by atoms with van der Waals surface area (Å²) in [5, 5.41) is 17.5. The van der Waals surface area contributed by atoms with Gasteiger partial charge in [0.25, 0.3) is 0 Å². The molecular weight excluding hydrogens is 381 g/mol. The van der Waals surface area contributed by atoms with Crippen LogP contribution in [0.25, 0.3) is 16.9 Å². The van der Waals surface area contributed by atoms with Crippen LogP contribution in [0.5, 0.6) is 0 Å². The molecule has 0 atom stereocenters. The van der Waals surface area contributed by atoms with Gasteiger partial charge in [-0.1, -0.05) is 30.3 Å². The zero-order valence-electron chi connectivity index (χ0n) is 16.6. The number of rotatable bonds is 5. The summed E-state index contributed by atoms with van der Waals surface area (Å²) in [7, 11) is 0. The van der Waals surface area contributed by atoms with E-state index >= 15 is 0 Å². The lowest BCUT2D eigenvalue weighted by Crippen LogP contribution is -2.07. The topological polar surface area (TPSA) is 67.2 Å². The molecule has 6 heteroatoms. The van der Waals surface area contributed by atoms with Crippen LogP contribution in [0.1, 0.15) is 21.5 Å². The third kappa shape index (κ3) is 3.67. The van der Waals surface area contributed by atoms with Crippen LogP contribution in [0.3, 0.4) is 0 Å². The number of carbonyl (C=O) groups is 1. The van der Waals surface area contributed by atoms with Crippen LogP contribution in [0.15, 0.2) is 72.8 Å². The van der Waals surface area contributed by atoms with Crippen LogP contribution in [0.2, 0.25) is 0 Å². The molecule has 150 valence electrons. The molecule has 2 N–H and O–H groups in total. The molecule has 30 heavy (non-hydrogen) atoms. The lowest BCUT2D eigenvalue weighted by molar-refractivity contribution is 0.0698. The maximum atomic E-state index is 13.6. The Morgan fingerprint density at radius 2 is 1.70 bits per heavy atom. The average molecular weight is 401 g/mol. The maximum absolute atomic E-state index is 13.6. The van der Waals surface area contributed by atoms with E-state index in [0.717, 1.165) is 22.4 Å². The van der Waals surface area contributed by atoms with Crippen molar-refractivity contribution in [1.82, 2.24) is 9.78 Å². The number of nitrogens with one attached hydrogen (secondary N) is 1. The molecule has 0 fully saturated rings. The number of para-hydroxylation sites is 2. The zero-order chi connectivity index (χ0) is 21.3. The molecule has 0 saturated carbocycles. The minimum atomic E-state index is -1.02. The number of benzene rings is 3. The summed E-state index contributed by atoms with van der Waals surface area (Å²) in [6, 6.07) is 20.9. The third-order valence-electron chi connectivity index (χ3n) is 4.94. The first-order valence-corrected chi connectivity index (χ1v) is 9.46. The Balaban J connectivity index is 1.88. The molecule has 0 saturated heterocycles. The van der Waals surface area contributed by atoms with Gasteiger partial charge in [-0.2, -0.15) is 5.10 Å². The van der Waals surface area contributed by atoms with Crippen LogP contribution in [0.4, 0.5) is 15.9 Å². The molecule has 1 heterocycles. The van der Waals surface area contributed by atoms with Gasteiger partial charge in [0.05, 0.1) is 22.6 Å². The molecular formula is C24H20FN3O2. The Bertz CT molecular complexity index is 1250. The van der Waals surface area contributed by atoms with Gasteiger partial charge in [-0.05, 0) is 61.4 Å². The number of nitrogens with zero attached hydrogens (tertiary/aromatic N) is 2. The normalized spacial score (nSPS) is 10.8. The fourth-order valence-corrected chi connectivity index (χ4v) is 3.42. The quantitative estimate of drug-likeness (QED) is 0.448. The molecule has 0 unspecified atom stereocenters. The Kier molecular flexibility index (Phi) is 5.06. The van der Waals surface area contributed by atoms with Gasteiger partial charge in [-0.3, -0.25) is 0 Å². The van der Waals surface area contributed by atoms with Crippen molar-refractivity contribution in [3.05, 3.63) is 95.3 Å². The van der Waals surface area contributed by atoms with Gasteiger partial charge in [-0.15, -0.1) is 0 Å². The fourth-order valence-electron chi connectivity index (χ4n) is 3.42. The first kappa shape index (κ1) is 19.4. The van der Waals surface area contributed by atoms with Crippen LogP contribution < -0.4 is 5.32 Å². The molecule has 0 aliphatic carbocycles. The number of halogens is 1. The van der Waals surface area contributed by atoms with Crippen molar-refractivity contribution in [2.75, 3.05) is 5.32 Å². The van der Waals surface area contributed by atoms with Gasteiger partial charge in [-0.25, -0.2) is 13.9 Å². The molecule has 4 rings (SSSR count). The Hall–Kier alpha value is -3.93. The lowest BCUT2D eigenvalue weighted by atomic mass is 10.1. The van der Waals surface area contributed by atoms with Gasteiger partial charge < -0.3 is 10.4 Å². The van der Waals surface area contributed by atoms with Crippen molar-refractivity contribution in [2.45, 2.75) is 13.8 Å². The van der Waals surface area contributed by atoms with Gasteiger partial charge in [0.15, 0.2) is 0 Å².